The number of halogens is 4. The van der Waals surface area contributed by atoms with Crippen LogP contribution in [-0.2, 0) is 6.42 Å². The second kappa shape index (κ2) is 9.71. The van der Waals surface area contributed by atoms with Crippen LogP contribution in [0.2, 0.25) is 0 Å². The summed E-state index contributed by atoms with van der Waals surface area (Å²) >= 11 is 5.01. The van der Waals surface area contributed by atoms with Gasteiger partial charge in [-0.1, -0.05) is 19.1 Å². The van der Waals surface area contributed by atoms with E-state index in [-0.39, 0.29) is 5.11 Å². The number of carbonyl (C=O) groups is 1. The van der Waals surface area contributed by atoms with E-state index >= 15 is 0 Å². The van der Waals surface area contributed by atoms with Crippen molar-refractivity contribution in [2.24, 2.45) is 0 Å². The summed E-state index contributed by atoms with van der Waals surface area (Å²) in [6.45, 7) is 2.03. The Morgan fingerprint density at radius 2 is 1.77 bits per heavy atom. The molecule has 4 rings (SSSR count). The van der Waals surface area contributed by atoms with Gasteiger partial charge in [0.05, 0.1) is 7.11 Å². The Labute approximate surface area is 201 Å². The first-order chi connectivity index (χ1) is 16.7. The number of hydrogen-bond acceptors (Lipinski definition) is 5. The van der Waals surface area contributed by atoms with Crippen molar-refractivity contribution < 1.29 is 31.5 Å². The normalized spacial score (nSPS) is 10.9. The van der Waals surface area contributed by atoms with Crippen LogP contribution in [0, 0.1) is 23.3 Å². The fourth-order valence-corrected chi connectivity index (χ4v) is 3.57. The van der Waals surface area contributed by atoms with E-state index in [1.54, 1.807) is 24.3 Å². The van der Waals surface area contributed by atoms with Crippen LogP contribution in [0.25, 0.3) is 22.6 Å². The fourth-order valence-electron chi connectivity index (χ4n) is 3.36. The van der Waals surface area contributed by atoms with Crippen LogP contribution in [0.15, 0.2) is 46.9 Å². The fraction of sp³-hybridized carbons (Fsp3) is 0.125. The van der Waals surface area contributed by atoms with E-state index in [1.807, 2.05) is 30.4 Å². The average molecular weight is 503 g/mol. The summed E-state index contributed by atoms with van der Waals surface area (Å²) in [5, 5.41) is 4.30. The molecule has 0 aliphatic rings. The third kappa shape index (κ3) is 4.67. The van der Waals surface area contributed by atoms with Gasteiger partial charge in [0.25, 0.3) is 5.91 Å². The van der Waals surface area contributed by atoms with E-state index in [0.717, 1.165) is 19.1 Å². The summed E-state index contributed by atoms with van der Waals surface area (Å²) in [6, 6.07) is 12.3. The van der Waals surface area contributed by atoms with Crippen LogP contribution < -0.4 is 15.4 Å². The van der Waals surface area contributed by atoms with Gasteiger partial charge in [-0.05, 0) is 54.5 Å². The minimum Gasteiger partial charge on any atom is -0.491 e. The third-order valence-corrected chi connectivity index (χ3v) is 5.31. The molecule has 4 aromatic rings. The number of rotatable bonds is 5. The maximum absolute atomic E-state index is 14.2. The van der Waals surface area contributed by atoms with Crippen molar-refractivity contribution in [2.75, 3.05) is 12.4 Å². The number of fused-ring (bicyclic) bond motifs is 1. The lowest BCUT2D eigenvalue weighted by molar-refractivity contribution is 0.0966. The minimum atomic E-state index is -1.91. The molecule has 35 heavy (non-hydrogen) atoms. The molecule has 180 valence electrons. The number of hydrogen-bond donors (Lipinski definition) is 2. The van der Waals surface area contributed by atoms with Crippen LogP contribution in [-0.4, -0.2) is 23.1 Å². The topological polar surface area (TPSA) is 76.4 Å². The number of carbonyl (C=O) groups excluding carboxylic acids is 1. The van der Waals surface area contributed by atoms with E-state index in [1.165, 1.54) is 0 Å². The first kappa shape index (κ1) is 24.1. The Morgan fingerprint density at radius 1 is 1.06 bits per heavy atom. The zero-order chi connectivity index (χ0) is 25.3. The maximum Gasteiger partial charge on any atom is 0.263 e. The van der Waals surface area contributed by atoms with Crippen molar-refractivity contribution in [3.8, 4) is 17.2 Å². The predicted molar refractivity (Wildman–Crippen MR) is 125 cm³/mol. The van der Waals surface area contributed by atoms with Crippen molar-refractivity contribution in [3.63, 3.8) is 0 Å². The average Bonchev–Trinajstić information content (AvgIpc) is 3.27. The second-order valence-corrected chi connectivity index (χ2v) is 7.74. The Balaban J connectivity index is 1.53. The number of ether oxygens (including phenoxy) is 1. The second-order valence-electron chi connectivity index (χ2n) is 7.33. The molecule has 0 saturated carbocycles. The molecule has 3 aromatic carbocycles. The third-order valence-electron chi connectivity index (χ3n) is 5.11. The van der Waals surface area contributed by atoms with Crippen molar-refractivity contribution in [1.29, 1.82) is 0 Å². The Bertz CT molecular complexity index is 1440. The number of thiocarbonyl (C=S) groups is 1. The Hall–Kier alpha value is -3.99. The number of nitrogens with zero attached hydrogens (tertiary/aromatic N) is 1. The van der Waals surface area contributed by atoms with Crippen molar-refractivity contribution in [1.82, 2.24) is 10.3 Å². The lowest BCUT2D eigenvalue weighted by Gasteiger charge is -2.13. The van der Waals surface area contributed by atoms with Gasteiger partial charge >= 0.3 is 0 Å². The molecular weight excluding hydrogens is 486 g/mol. The number of anilines is 1. The molecule has 11 heteroatoms. The van der Waals surface area contributed by atoms with Crippen LogP contribution in [0.1, 0.15) is 22.8 Å². The molecule has 0 aliphatic carbocycles. The molecular formula is C24H17F4N3O3S. The molecule has 1 heterocycles. The van der Waals surface area contributed by atoms with Gasteiger partial charge in [-0.2, -0.15) is 8.78 Å². The van der Waals surface area contributed by atoms with E-state index in [2.05, 4.69) is 15.0 Å². The summed E-state index contributed by atoms with van der Waals surface area (Å²) in [4.78, 5) is 16.8. The zero-order valence-corrected chi connectivity index (χ0v) is 19.2. The molecule has 1 amide bonds. The molecule has 0 fully saturated rings. The molecule has 0 saturated heterocycles. The summed E-state index contributed by atoms with van der Waals surface area (Å²) in [5.74, 6) is -9.92. The van der Waals surface area contributed by atoms with Crippen molar-refractivity contribution in [3.05, 3.63) is 76.9 Å². The number of nitrogens with one attached hydrogen (secondary N) is 2. The quantitative estimate of drug-likeness (QED) is 0.205. The SMILES string of the molecule is CCc1ccc2oc(-c3cccc(NC(=S)NC(=O)c4c(F)c(F)c(OC)c(F)c4F)c3)nc2c1. The molecule has 0 radical (unpaired) electrons. The van der Waals surface area contributed by atoms with Gasteiger partial charge in [-0.3, -0.25) is 10.1 Å². The Morgan fingerprint density at radius 3 is 2.43 bits per heavy atom. The predicted octanol–water partition coefficient (Wildman–Crippen LogP) is 5.75. The highest BCUT2D eigenvalue weighted by atomic mass is 32.1. The molecule has 0 atom stereocenters. The molecule has 0 unspecified atom stereocenters. The standard InChI is InChI=1S/C24H17F4N3O3S/c1-3-11-7-8-15-14(9-11)30-23(34-15)12-5-4-6-13(10-12)29-24(35)31-22(32)16-17(25)19(27)21(33-2)20(28)18(16)26/h4-10H,3H2,1-2H3,(H2,29,31,32,35). The van der Waals surface area contributed by atoms with Crippen LogP contribution in [0.3, 0.4) is 0 Å². The van der Waals surface area contributed by atoms with E-state index in [4.69, 9.17) is 16.6 Å². The lowest BCUT2D eigenvalue weighted by Crippen LogP contribution is -2.35. The maximum atomic E-state index is 14.2. The van der Waals surface area contributed by atoms with Crippen LogP contribution >= 0.6 is 12.2 Å². The van der Waals surface area contributed by atoms with Crippen molar-refractivity contribution in [2.45, 2.75) is 13.3 Å². The first-order valence-corrected chi connectivity index (χ1v) is 10.7. The monoisotopic (exact) mass is 503 g/mol. The summed E-state index contributed by atoms with van der Waals surface area (Å²) in [6.07, 6.45) is 0.851. The van der Waals surface area contributed by atoms with Gasteiger partial charge in [0.1, 0.15) is 11.1 Å². The number of methoxy groups -OCH3 is 1. The van der Waals surface area contributed by atoms with E-state index < -0.39 is 40.5 Å². The van der Waals surface area contributed by atoms with Gasteiger partial charge in [0.2, 0.25) is 17.5 Å². The summed E-state index contributed by atoms with van der Waals surface area (Å²) in [7, 11) is 0.830. The lowest BCUT2D eigenvalue weighted by atomic mass is 10.1. The molecule has 0 aliphatic heterocycles. The number of oxazole rings is 1. The largest absolute Gasteiger partial charge is 0.491 e. The van der Waals surface area contributed by atoms with Gasteiger partial charge in [0, 0.05) is 11.3 Å². The summed E-state index contributed by atoms with van der Waals surface area (Å²) < 4.78 is 66.3. The molecule has 0 spiro atoms. The smallest absolute Gasteiger partial charge is 0.263 e. The van der Waals surface area contributed by atoms with Gasteiger partial charge in [-0.15, -0.1) is 0 Å². The molecule has 2 N–H and O–H groups in total. The molecule has 6 nitrogen and oxygen atoms in total. The highest BCUT2D eigenvalue weighted by Crippen LogP contribution is 2.30. The van der Waals surface area contributed by atoms with Gasteiger partial charge < -0.3 is 14.5 Å². The van der Waals surface area contributed by atoms with E-state index in [0.29, 0.717) is 28.2 Å². The van der Waals surface area contributed by atoms with Crippen LogP contribution in [0.4, 0.5) is 23.2 Å². The highest BCUT2D eigenvalue weighted by Gasteiger charge is 2.30. The molecule has 1 aromatic heterocycles. The van der Waals surface area contributed by atoms with Crippen molar-refractivity contribution >= 4 is 40.0 Å². The zero-order valence-electron chi connectivity index (χ0n) is 18.3. The van der Waals surface area contributed by atoms with Gasteiger partial charge in [-0.25, -0.2) is 13.8 Å². The first-order valence-electron chi connectivity index (χ1n) is 10.3. The minimum absolute atomic E-state index is 0.347. The number of benzene rings is 3. The van der Waals surface area contributed by atoms with E-state index in [9.17, 15) is 22.4 Å². The number of aryl methyl sites for hydroxylation is 1. The molecule has 0 bridgehead atoms. The number of aromatic nitrogens is 1. The Kier molecular flexibility index (Phi) is 6.70. The van der Waals surface area contributed by atoms with Crippen LogP contribution in [0.5, 0.6) is 5.75 Å². The number of amides is 1. The van der Waals surface area contributed by atoms with Gasteiger partial charge in [0.15, 0.2) is 28.1 Å². The summed E-state index contributed by atoms with van der Waals surface area (Å²) in [5.41, 5.74) is 1.92. The highest BCUT2D eigenvalue weighted by molar-refractivity contribution is 7.80.